The number of aromatic nitrogens is 1. The number of nitrogens with zero attached hydrogens (tertiary/aromatic N) is 2. The van der Waals surface area contributed by atoms with Crippen LogP contribution in [-0.2, 0) is 10.0 Å². The molecule has 8 heteroatoms. The fourth-order valence-electron chi connectivity index (χ4n) is 2.53. The maximum Gasteiger partial charge on any atom is 0.268 e. The molecule has 25 heavy (non-hydrogen) atoms. The van der Waals surface area contributed by atoms with Crippen LogP contribution in [0.2, 0.25) is 0 Å². The molecule has 128 valence electrons. The van der Waals surface area contributed by atoms with Crippen LogP contribution in [0, 0.1) is 20.6 Å². The van der Waals surface area contributed by atoms with Crippen LogP contribution in [0.5, 0.6) is 0 Å². The summed E-state index contributed by atoms with van der Waals surface area (Å²) in [5.41, 5.74) is 1.92. The summed E-state index contributed by atoms with van der Waals surface area (Å²) in [5, 5.41) is 11.3. The zero-order valence-corrected chi connectivity index (χ0v) is 16.1. The predicted octanol–water partition coefficient (Wildman–Crippen LogP) is 4.04. The lowest BCUT2D eigenvalue weighted by Crippen LogP contribution is -2.11. The molecule has 0 fully saturated rings. The van der Waals surface area contributed by atoms with Gasteiger partial charge in [-0.2, -0.15) is 0 Å². The molecule has 2 aromatic carbocycles. The van der Waals surface area contributed by atoms with Crippen molar-refractivity contribution >= 4 is 49.6 Å². The Kier molecular flexibility index (Phi) is 4.65. The third kappa shape index (κ3) is 3.31. The number of aryl methyl sites for hydroxylation is 1. The summed E-state index contributed by atoms with van der Waals surface area (Å²) >= 11 is 2.09. The monoisotopic (exact) mass is 468 g/mol. The van der Waals surface area contributed by atoms with Crippen molar-refractivity contribution < 1.29 is 13.3 Å². The van der Waals surface area contributed by atoms with Gasteiger partial charge in [-0.05, 0) is 53.8 Å². The minimum Gasteiger partial charge on any atom is -0.259 e. The number of hydrogen-bond acceptors (Lipinski definition) is 4. The second kappa shape index (κ2) is 6.60. The third-order valence-electron chi connectivity index (χ3n) is 3.73. The molecule has 1 heterocycles. The Labute approximate surface area is 158 Å². The molecule has 0 bridgehead atoms. The van der Waals surface area contributed by atoms with Gasteiger partial charge in [0, 0.05) is 26.8 Å². The van der Waals surface area contributed by atoms with E-state index < -0.39 is 14.9 Å². The molecular weight excluding hydrogens is 455 g/mol. The van der Waals surface area contributed by atoms with Crippen molar-refractivity contribution in [2.45, 2.75) is 11.8 Å². The lowest BCUT2D eigenvalue weighted by atomic mass is 10.2. The van der Waals surface area contributed by atoms with Gasteiger partial charge in [-0.3, -0.25) is 10.1 Å². The van der Waals surface area contributed by atoms with Crippen LogP contribution in [0.25, 0.3) is 17.0 Å². The quantitative estimate of drug-likeness (QED) is 0.329. The molecule has 1 aromatic heterocycles. The highest BCUT2D eigenvalue weighted by Crippen LogP contribution is 2.30. The number of hydrogen-bond donors (Lipinski definition) is 0. The fourth-order valence-corrected chi connectivity index (χ4v) is 4.70. The van der Waals surface area contributed by atoms with Crippen molar-refractivity contribution in [1.29, 1.82) is 0 Å². The van der Waals surface area contributed by atoms with Crippen LogP contribution in [0.1, 0.15) is 11.1 Å². The van der Waals surface area contributed by atoms with Gasteiger partial charge in [0.05, 0.1) is 15.3 Å². The van der Waals surface area contributed by atoms with Gasteiger partial charge in [0.15, 0.2) is 0 Å². The van der Waals surface area contributed by atoms with E-state index in [-0.39, 0.29) is 4.90 Å². The van der Waals surface area contributed by atoms with Crippen LogP contribution in [-0.4, -0.2) is 17.3 Å². The van der Waals surface area contributed by atoms with Gasteiger partial charge in [-0.1, -0.05) is 23.8 Å². The van der Waals surface area contributed by atoms with Gasteiger partial charge in [-0.25, -0.2) is 12.4 Å². The van der Waals surface area contributed by atoms with Crippen molar-refractivity contribution in [3.05, 3.63) is 79.7 Å². The Balaban J connectivity index is 2.28. The molecule has 0 aliphatic heterocycles. The Morgan fingerprint density at radius 3 is 2.48 bits per heavy atom. The number of nitro groups is 1. The maximum atomic E-state index is 13.0. The van der Waals surface area contributed by atoms with Crippen LogP contribution >= 0.6 is 22.6 Å². The number of benzene rings is 2. The first-order valence-electron chi connectivity index (χ1n) is 7.24. The zero-order valence-electron chi connectivity index (χ0n) is 13.1. The number of rotatable bonds is 4. The van der Waals surface area contributed by atoms with Crippen LogP contribution in [0.15, 0.2) is 59.8 Å². The van der Waals surface area contributed by atoms with Gasteiger partial charge in [-0.15, -0.1) is 0 Å². The highest BCUT2D eigenvalue weighted by Gasteiger charge is 2.21. The van der Waals surface area contributed by atoms with Crippen LogP contribution < -0.4 is 0 Å². The van der Waals surface area contributed by atoms with Gasteiger partial charge in [0.2, 0.25) is 6.20 Å². The first-order valence-corrected chi connectivity index (χ1v) is 9.76. The fraction of sp³-hybridized carbons (Fsp3) is 0.0588. The lowest BCUT2D eigenvalue weighted by Gasteiger charge is -2.08. The summed E-state index contributed by atoms with van der Waals surface area (Å²) in [6.07, 6.45) is 3.54. The summed E-state index contributed by atoms with van der Waals surface area (Å²) in [6.45, 7) is 1.88. The molecule has 0 spiro atoms. The molecule has 0 aliphatic carbocycles. The van der Waals surface area contributed by atoms with Crippen molar-refractivity contribution in [2.75, 3.05) is 0 Å². The van der Waals surface area contributed by atoms with Crippen molar-refractivity contribution in [3.63, 3.8) is 0 Å². The number of fused-ring (bicyclic) bond motifs is 1. The Bertz CT molecular complexity index is 1100. The molecule has 0 aliphatic rings. The molecule has 0 radical (unpaired) electrons. The molecule has 0 N–H and O–H groups in total. The predicted molar refractivity (Wildman–Crippen MR) is 104 cm³/mol. The molecule has 0 saturated heterocycles. The maximum absolute atomic E-state index is 13.0. The summed E-state index contributed by atoms with van der Waals surface area (Å²) in [6, 6.07) is 11.8. The average Bonchev–Trinajstić information content (AvgIpc) is 2.94. The smallest absolute Gasteiger partial charge is 0.259 e. The molecule has 3 rings (SSSR count). The van der Waals surface area contributed by atoms with Crippen LogP contribution in [0.4, 0.5) is 0 Å². The van der Waals surface area contributed by atoms with Gasteiger partial charge < -0.3 is 0 Å². The van der Waals surface area contributed by atoms with E-state index in [2.05, 4.69) is 22.6 Å². The van der Waals surface area contributed by atoms with Gasteiger partial charge >= 0.3 is 0 Å². The molecule has 3 aromatic rings. The summed E-state index contributed by atoms with van der Waals surface area (Å²) in [4.78, 5) is 10.2. The van der Waals surface area contributed by atoms with E-state index in [0.29, 0.717) is 16.5 Å². The largest absolute Gasteiger partial charge is 0.268 e. The van der Waals surface area contributed by atoms with E-state index in [9.17, 15) is 18.5 Å². The SMILES string of the molecule is Cc1ccc(S(=O)(=O)n2cc(C=C[N+](=O)[O-])c3c(I)cccc32)cc1. The van der Waals surface area contributed by atoms with E-state index in [1.54, 1.807) is 36.4 Å². The topological polar surface area (TPSA) is 82.2 Å². The highest BCUT2D eigenvalue weighted by atomic mass is 127. The standard InChI is InChI=1S/C17H13IN2O4S/c1-12-5-7-14(8-6-12)25(23,24)19-11-13(9-10-20(21)22)17-15(18)3-2-4-16(17)19/h2-11H,1H3. The Hall–Kier alpha value is -2.20. The Morgan fingerprint density at radius 1 is 1.16 bits per heavy atom. The van der Waals surface area contributed by atoms with E-state index in [1.165, 1.54) is 16.2 Å². The first kappa shape index (κ1) is 17.6. The van der Waals surface area contributed by atoms with Crippen LogP contribution in [0.3, 0.4) is 0 Å². The summed E-state index contributed by atoms with van der Waals surface area (Å²) < 4.78 is 28.0. The van der Waals surface area contributed by atoms with Crippen molar-refractivity contribution in [3.8, 4) is 0 Å². The second-order valence-electron chi connectivity index (χ2n) is 5.43. The molecule has 0 atom stereocenters. The van der Waals surface area contributed by atoms with Crippen molar-refractivity contribution in [2.24, 2.45) is 0 Å². The van der Waals surface area contributed by atoms with E-state index >= 15 is 0 Å². The Morgan fingerprint density at radius 2 is 1.84 bits per heavy atom. The zero-order chi connectivity index (χ0) is 18.2. The van der Waals surface area contributed by atoms with Crippen molar-refractivity contribution in [1.82, 2.24) is 3.97 Å². The minimum atomic E-state index is -3.81. The summed E-state index contributed by atoms with van der Waals surface area (Å²) in [7, 11) is -3.81. The lowest BCUT2D eigenvalue weighted by molar-refractivity contribution is -0.400. The van der Waals surface area contributed by atoms with E-state index in [0.717, 1.165) is 15.3 Å². The molecule has 0 saturated carbocycles. The molecule has 0 unspecified atom stereocenters. The first-order chi connectivity index (χ1) is 11.8. The van der Waals surface area contributed by atoms with E-state index in [1.807, 2.05) is 13.0 Å². The summed E-state index contributed by atoms with van der Waals surface area (Å²) in [5.74, 6) is 0. The van der Waals surface area contributed by atoms with Gasteiger partial charge in [0.25, 0.3) is 10.0 Å². The number of halogens is 1. The normalized spacial score (nSPS) is 12.1. The highest BCUT2D eigenvalue weighted by molar-refractivity contribution is 14.1. The molecular formula is C17H13IN2O4S. The third-order valence-corrected chi connectivity index (χ3v) is 6.31. The molecule has 6 nitrogen and oxygen atoms in total. The van der Waals surface area contributed by atoms with Gasteiger partial charge in [0.1, 0.15) is 0 Å². The minimum absolute atomic E-state index is 0.165. The molecule has 0 amide bonds. The average molecular weight is 468 g/mol. The van der Waals surface area contributed by atoms with E-state index in [4.69, 9.17) is 0 Å². The second-order valence-corrected chi connectivity index (χ2v) is 8.41.